The van der Waals surface area contributed by atoms with Crippen LogP contribution < -0.4 is 10.2 Å². The highest BCUT2D eigenvalue weighted by Crippen LogP contribution is 2.22. The van der Waals surface area contributed by atoms with Gasteiger partial charge in [-0.15, -0.1) is 14.8 Å². The summed E-state index contributed by atoms with van der Waals surface area (Å²) in [5, 5.41) is 18.5. The summed E-state index contributed by atoms with van der Waals surface area (Å²) in [7, 11) is 0. The topological polar surface area (TPSA) is 101 Å². The number of nitrogens with zero attached hydrogens (tertiary/aromatic N) is 7. The van der Waals surface area contributed by atoms with Gasteiger partial charge in [0.15, 0.2) is 11.5 Å². The number of rotatable bonds is 3. The third-order valence-corrected chi connectivity index (χ3v) is 4.09. The molecule has 0 radical (unpaired) electrons. The van der Waals surface area contributed by atoms with E-state index in [4.69, 9.17) is 0 Å². The molecule has 1 atom stereocenters. The van der Waals surface area contributed by atoms with Gasteiger partial charge >= 0.3 is 0 Å². The minimum Gasteiger partial charge on any atom is -0.354 e. The van der Waals surface area contributed by atoms with Crippen molar-refractivity contribution in [1.82, 2.24) is 30.2 Å². The fourth-order valence-corrected chi connectivity index (χ4v) is 2.87. The molecule has 0 aromatic carbocycles. The first-order valence-electron chi connectivity index (χ1n) is 7.82. The first-order valence-corrected chi connectivity index (χ1v) is 7.82. The monoisotopic (exact) mass is 324 g/mol. The number of hydrogen-bond donors (Lipinski definition) is 1. The lowest BCUT2D eigenvalue weighted by atomic mass is 9.97. The summed E-state index contributed by atoms with van der Waals surface area (Å²) in [6, 6.07) is 9.15. The zero-order valence-corrected chi connectivity index (χ0v) is 12.9. The van der Waals surface area contributed by atoms with E-state index in [-0.39, 0.29) is 11.8 Å². The summed E-state index contributed by atoms with van der Waals surface area (Å²) in [4.78, 5) is 18.7. The van der Waals surface area contributed by atoms with E-state index in [1.54, 1.807) is 12.3 Å². The van der Waals surface area contributed by atoms with Crippen LogP contribution in [0.4, 0.5) is 11.6 Å². The van der Waals surface area contributed by atoms with E-state index >= 15 is 0 Å². The van der Waals surface area contributed by atoms with Crippen molar-refractivity contribution in [2.24, 2.45) is 5.92 Å². The molecule has 3 aromatic heterocycles. The van der Waals surface area contributed by atoms with Crippen molar-refractivity contribution in [1.29, 1.82) is 0 Å². The molecule has 0 aliphatic carbocycles. The number of nitrogens with one attached hydrogen (secondary N) is 1. The van der Waals surface area contributed by atoms with Gasteiger partial charge < -0.3 is 10.2 Å². The van der Waals surface area contributed by atoms with Crippen LogP contribution in [0, 0.1) is 5.92 Å². The Bertz CT molecular complexity index is 849. The highest BCUT2D eigenvalue weighted by molar-refractivity contribution is 5.92. The Hall–Kier alpha value is -3.10. The second-order valence-corrected chi connectivity index (χ2v) is 5.71. The number of anilines is 2. The van der Waals surface area contributed by atoms with E-state index in [1.807, 2.05) is 24.3 Å². The Kier molecular flexibility index (Phi) is 3.73. The van der Waals surface area contributed by atoms with Gasteiger partial charge in [-0.05, 0) is 47.5 Å². The average Bonchev–Trinajstić information content (AvgIpc) is 3.10. The van der Waals surface area contributed by atoms with Gasteiger partial charge in [0.25, 0.3) is 0 Å². The molecular weight excluding hydrogens is 308 g/mol. The van der Waals surface area contributed by atoms with Crippen LogP contribution in [0.5, 0.6) is 0 Å². The molecule has 4 rings (SSSR count). The quantitative estimate of drug-likeness (QED) is 0.759. The van der Waals surface area contributed by atoms with Crippen molar-refractivity contribution in [2.45, 2.75) is 12.8 Å². The van der Waals surface area contributed by atoms with Crippen LogP contribution in [0.25, 0.3) is 5.65 Å². The van der Waals surface area contributed by atoms with E-state index in [1.165, 1.54) is 4.63 Å². The molecule has 1 aliphatic heterocycles. The number of fused-ring (bicyclic) bond motifs is 1. The Morgan fingerprint density at radius 2 is 2.21 bits per heavy atom. The summed E-state index contributed by atoms with van der Waals surface area (Å²) >= 11 is 0. The summed E-state index contributed by atoms with van der Waals surface area (Å²) < 4.78 is 1.40. The average molecular weight is 324 g/mol. The van der Waals surface area contributed by atoms with Gasteiger partial charge in [-0.1, -0.05) is 6.07 Å². The maximum atomic E-state index is 12.5. The van der Waals surface area contributed by atoms with Crippen LogP contribution in [0.2, 0.25) is 0 Å². The van der Waals surface area contributed by atoms with Gasteiger partial charge in [0.2, 0.25) is 5.91 Å². The molecule has 0 spiro atoms. The van der Waals surface area contributed by atoms with Crippen LogP contribution in [0.15, 0.2) is 36.5 Å². The van der Waals surface area contributed by atoms with Crippen molar-refractivity contribution in [3.8, 4) is 0 Å². The zero-order valence-electron chi connectivity index (χ0n) is 12.9. The molecule has 0 saturated carbocycles. The Labute approximate surface area is 137 Å². The molecule has 4 heterocycles. The third kappa shape index (κ3) is 2.87. The van der Waals surface area contributed by atoms with Crippen LogP contribution >= 0.6 is 0 Å². The van der Waals surface area contributed by atoms with Crippen LogP contribution in [0.1, 0.15) is 12.8 Å². The lowest BCUT2D eigenvalue weighted by molar-refractivity contribution is -0.120. The minimum atomic E-state index is -0.105. The molecule has 1 saturated heterocycles. The molecule has 3 aromatic rings. The molecule has 122 valence electrons. The normalized spacial score (nSPS) is 17.8. The molecular formula is C15H16N8O. The van der Waals surface area contributed by atoms with Crippen LogP contribution in [-0.4, -0.2) is 49.2 Å². The van der Waals surface area contributed by atoms with E-state index in [9.17, 15) is 4.79 Å². The van der Waals surface area contributed by atoms with Crippen molar-refractivity contribution in [3.05, 3.63) is 36.5 Å². The Balaban J connectivity index is 1.47. The SMILES string of the molecule is O=C(Nc1ccccn1)C1CCCN(c2ccc3nnnn3n2)C1. The number of hydrogen-bond acceptors (Lipinski definition) is 7. The van der Waals surface area contributed by atoms with E-state index in [0.717, 1.165) is 25.2 Å². The summed E-state index contributed by atoms with van der Waals surface area (Å²) in [5.74, 6) is 1.23. The third-order valence-electron chi connectivity index (χ3n) is 4.09. The van der Waals surface area contributed by atoms with Crippen molar-refractivity contribution < 1.29 is 4.79 Å². The first-order chi connectivity index (χ1) is 11.8. The number of piperidine rings is 1. The highest BCUT2D eigenvalue weighted by Gasteiger charge is 2.27. The fraction of sp³-hybridized carbons (Fsp3) is 0.333. The Morgan fingerprint density at radius 3 is 3.08 bits per heavy atom. The standard InChI is InChI=1S/C15H16N8O/c24-15(17-12-5-1-2-8-16-12)11-4-3-9-22(10-11)14-7-6-13-18-20-21-23(13)19-14/h1-2,5-8,11H,3-4,9-10H2,(H,16,17,24). The largest absolute Gasteiger partial charge is 0.354 e. The van der Waals surface area contributed by atoms with Gasteiger partial charge in [0.05, 0.1) is 5.92 Å². The van der Waals surface area contributed by atoms with Crippen LogP contribution in [-0.2, 0) is 4.79 Å². The van der Waals surface area contributed by atoms with E-state index in [2.05, 4.69) is 35.8 Å². The van der Waals surface area contributed by atoms with Gasteiger partial charge in [0.1, 0.15) is 5.82 Å². The van der Waals surface area contributed by atoms with Crippen LogP contribution in [0.3, 0.4) is 0 Å². The van der Waals surface area contributed by atoms with Gasteiger partial charge in [0, 0.05) is 19.3 Å². The molecule has 1 aliphatic rings. The summed E-state index contributed by atoms with van der Waals surface area (Å²) in [5.41, 5.74) is 0.597. The minimum absolute atomic E-state index is 0.0121. The number of amides is 1. The number of tetrazole rings is 1. The molecule has 1 fully saturated rings. The summed E-state index contributed by atoms with van der Waals surface area (Å²) in [6.07, 6.45) is 3.44. The zero-order chi connectivity index (χ0) is 16.4. The van der Waals surface area contributed by atoms with Gasteiger partial charge in [-0.3, -0.25) is 4.79 Å². The maximum absolute atomic E-state index is 12.5. The Morgan fingerprint density at radius 1 is 1.25 bits per heavy atom. The molecule has 1 unspecified atom stereocenters. The van der Waals surface area contributed by atoms with Crippen molar-refractivity contribution >= 4 is 23.2 Å². The number of aromatic nitrogens is 6. The smallest absolute Gasteiger partial charge is 0.230 e. The van der Waals surface area contributed by atoms with Crippen molar-refractivity contribution in [2.75, 3.05) is 23.3 Å². The number of carbonyl (C=O) groups is 1. The van der Waals surface area contributed by atoms with Crippen molar-refractivity contribution in [3.63, 3.8) is 0 Å². The van der Waals surface area contributed by atoms with E-state index < -0.39 is 0 Å². The molecule has 0 bridgehead atoms. The number of pyridine rings is 1. The first kappa shape index (κ1) is 14.5. The predicted molar refractivity (Wildman–Crippen MR) is 86.4 cm³/mol. The highest BCUT2D eigenvalue weighted by atomic mass is 16.2. The molecule has 1 amide bonds. The van der Waals surface area contributed by atoms with E-state index in [0.29, 0.717) is 18.0 Å². The molecule has 24 heavy (non-hydrogen) atoms. The maximum Gasteiger partial charge on any atom is 0.230 e. The van der Waals surface area contributed by atoms with Gasteiger partial charge in [-0.25, -0.2) is 4.98 Å². The molecule has 9 nitrogen and oxygen atoms in total. The molecule has 9 heteroatoms. The molecule has 1 N–H and O–H groups in total. The van der Waals surface area contributed by atoms with Gasteiger partial charge in [-0.2, -0.15) is 0 Å². The number of carbonyl (C=O) groups excluding carboxylic acids is 1. The summed E-state index contributed by atoms with van der Waals surface area (Å²) in [6.45, 7) is 1.47. The lowest BCUT2D eigenvalue weighted by Gasteiger charge is -2.32. The predicted octanol–water partition coefficient (Wildman–Crippen LogP) is 0.769. The fourth-order valence-electron chi connectivity index (χ4n) is 2.87. The second kappa shape index (κ2) is 6.19. The second-order valence-electron chi connectivity index (χ2n) is 5.71. The lowest BCUT2D eigenvalue weighted by Crippen LogP contribution is -2.41.